The zero-order valence-electron chi connectivity index (χ0n) is 10.0. The lowest BCUT2D eigenvalue weighted by molar-refractivity contribution is 0.136. The highest BCUT2D eigenvalue weighted by Crippen LogP contribution is 2.08. The molecule has 92 valence electrons. The van der Waals surface area contributed by atoms with E-state index in [1.54, 1.807) is 0 Å². The molecule has 1 aliphatic rings. The molecule has 17 heavy (non-hydrogen) atoms. The summed E-state index contributed by atoms with van der Waals surface area (Å²) in [6, 6.07) is 8.12. The van der Waals surface area contributed by atoms with Crippen LogP contribution < -0.4 is 10.6 Å². The monoisotopic (exact) mass is 234 g/mol. The van der Waals surface area contributed by atoms with Gasteiger partial charge in [-0.25, -0.2) is 4.79 Å². The van der Waals surface area contributed by atoms with Gasteiger partial charge in [0.2, 0.25) is 0 Å². The molecular formula is C13H18N2O2. The van der Waals surface area contributed by atoms with Crippen molar-refractivity contribution in [2.75, 3.05) is 13.1 Å². The fourth-order valence-electron chi connectivity index (χ4n) is 1.90. The number of hydrogen-bond donors (Lipinski definition) is 2. The molecule has 2 N–H and O–H groups in total. The Morgan fingerprint density at radius 1 is 1.53 bits per heavy atom. The predicted octanol–water partition coefficient (Wildman–Crippen LogP) is 1.58. The molecule has 0 aromatic heterocycles. The number of hydrogen-bond acceptors (Lipinski definition) is 3. The molecule has 0 spiro atoms. The van der Waals surface area contributed by atoms with Crippen LogP contribution in [0, 0.1) is 6.92 Å². The van der Waals surface area contributed by atoms with E-state index in [1.807, 2.05) is 31.2 Å². The van der Waals surface area contributed by atoms with E-state index in [2.05, 4.69) is 10.6 Å². The Morgan fingerprint density at radius 3 is 3.06 bits per heavy atom. The van der Waals surface area contributed by atoms with Gasteiger partial charge >= 0.3 is 6.09 Å². The van der Waals surface area contributed by atoms with Gasteiger partial charge in [0, 0.05) is 12.6 Å². The molecule has 0 saturated carbocycles. The van der Waals surface area contributed by atoms with Crippen LogP contribution in [0.4, 0.5) is 4.79 Å². The topological polar surface area (TPSA) is 50.4 Å². The molecule has 1 amide bonds. The summed E-state index contributed by atoms with van der Waals surface area (Å²) < 4.78 is 5.19. The number of rotatable bonds is 3. The Morgan fingerprint density at radius 2 is 2.35 bits per heavy atom. The minimum absolute atomic E-state index is 0.208. The standard InChI is InChI=1S/C13H18N2O2/c1-10-4-2-3-5-11(10)9-17-13(16)15-12-6-7-14-8-12/h2-5,12,14H,6-9H2,1H3,(H,15,16). The van der Waals surface area contributed by atoms with Gasteiger partial charge in [0.15, 0.2) is 0 Å². The summed E-state index contributed by atoms with van der Waals surface area (Å²) in [4.78, 5) is 11.5. The number of benzene rings is 1. The van der Waals surface area contributed by atoms with Crippen molar-refractivity contribution in [2.24, 2.45) is 0 Å². The Labute approximate surface area is 101 Å². The largest absolute Gasteiger partial charge is 0.445 e. The quantitative estimate of drug-likeness (QED) is 0.835. The molecule has 1 saturated heterocycles. The van der Waals surface area contributed by atoms with E-state index >= 15 is 0 Å². The normalized spacial score (nSPS) is 19.0. The Hall–Kier alpha value is -1.55. The van der Waals surface area contributed by atoms with E-state index in [0.717, 1.165) is 30.6 Å². The summed E-state index contributed by atoms with van der Waals surface area (Å²) in [6.45, 7) is 4.14. The number of ether oxygens (including phenoxy) is 1. The van der Waals surface area contributed by atoms with Gasteiger partial charge in [-0.05, 0) is 31.0 Å². The minimum Gasteiger partial charge on any atom is -0.445 e. The number of nitrogens with one attached hydrogen (secondary N) is 2. The third-order valence-corrected chi connectivity index (χ3v) is 3.00. The third kappa shape index (κ3) is 3.46. The fourth-order valence-corrected chi connectivity index (χ4v) is 1.90. The summed E-state index contributed by atoms with van der Waals surface area (Å²) in [5.74, 6) is 0. The molecule has 4 heteroatoms. The van der Waals surface area contributed by atoms with Crippen LogP contribution in [0.25, 0.3) is 0 Å². The lowest BCUT2D eigenvalue weighted by Gasteiger charge is -2.12. The lowest BCUT2D eigenvalue weighted by Crippen LogP contribution is -2.36. The molecule has 1 aromatic rings. The van der Waals surface area contributed by atoms with E-state index in [4.69, 9.17) is 4.74 Å². The van der Waals surface area contributed by atoms with E-state index in [1.165, 1.54) is 0 Å². The average molecular weight is 234 g/mol. The number of aryl methyl sites for hydroxylation is 1. The lowest BCUT2D eigenvalue weighted by atomic mass is 10.1. The van der Waals surface area contributed by atoms with Gasteiger partial charge in [-0.1, -0.05) is 24.3 Å². The molecule has 4 nitrogen and oxygen atoms in total. The molecular weight excluding hydrogens is 216 g/mol. The first-order valence-electron chi connectivity index (χ1n) is 5.94. The van der Waals surface area contributed by atoms with Crippen LogP contribution >= 0.6 is 0 Å². The maximum atomic E-state index is 11.5. The highest BCUT2D eigenvalue weighted by molar-refractivity contribution is 5.67. The number of carbonyl (C=O) groups excluding carboxylic acids is 1. The van der Waals surface area contributed by atoms with Crippen LogP contribution in [0.15, 0.2) is 24.3 Å². The van der Waals surface area contributed by atoms with Crippen molar-refractivity contribution in [2.45, 2.75) is 26.0 Å². The van der Waals surface area contributed by atoms with Crippen molar-refractivity contribution in [1.82, 2.24) is 10.6 Å². The maximum Gasteiger partial charge on any atom is 0.407 e. The molecule has 0 radical (unpaired) electrons. The Balaban J connectivity index is 1.77. The number of alkyl carbamates (subject to hydrolysis) is 1. The minimum atomic E-state index is -0.332. The van der Waals surface area contributed by atoms with E-state index in [9.17, 15) is 4.79 Å². The molecule has 1 aliphatic heterocycles. The number of carbonyl (C=O) groups is 1. The number of amides is 1. The first-order chi connectivity index (χ1) is 8.25. The van der Waals surface area contributed by atoms with Crippen molar-refractivity contribution in [3.05, 3.63) is 35.4 Å². The average Bonchev–Trinajstić information content (AvgIpc) is 2.81. The predicted molar refractivity (Wildman–Crippen MR) is 65.8 cm³/mol. The van der Waals surface area contributed by atoms with Crippen molar-refractivity contribution in [3.63, 3.8) is 0 Å². The van der Waals surface area contributed by atoms with Crippen molar-refractivity contribution in [3.8, 4) is 0 Å². The molecule has 2 rings (SSSR count). The van der Waals surface area contributed by atoms with Crippen LogP contribution in [-0.4, -0.2) is 25.2 Å². The molecule has 0 aliphatic carbocycles. The van der Waals surface area contributed by atoms with E-state index < -0.39 is 0 Å². The summed E-state index contributed by atoms with van der Waals surface area (Å²) in [5, 5.41) is 6.04. The van der Waals surface area contributed by atoms with E-state index in [-0.39, 0.29) is 12.1 Å². The van der Waals surface area contributed by atoms with Gasteiger partial charge in [-0.3, -0.25) is 0 Å². The van der Waals surface area contributed by atoms with Gasteiger partial charge in [0.1, 0.15) is 6.61 Å². The van der Waals surface area contributed by atoms with Crippen LogP contribution in [0.1, 0.15) is 17.5 Å². The zero-order valence-corrected chi connectivity index (χ0v) is 10.0. The van der Waals surface area contributed by atoms with Crippen molar-refractivity contribution in [1.29, 1.82) is 0 Å². The second-order valence-corrected chi connectivity index (χ2v) is 4.34. The first-order valence-corrected chi connectivity index (χ1v) is 5.94. The third-order valence-electron chi connectivity index (χ3n) is 3.00. The molecule has 1 fully saturated rings. The van der Waals surface area contributed by atoms with Gasteiger partial charge in [0.05, 0.1) is 0 Å². The van der Waals surface area contributed by atoms with Crippen LogP contribution in [-0.2, 0) is 11.3 Å². The Kier molecular flexibility index (Phi) is 3.98. The van der Waals surface area contributed by atoms with Crippen LogP contribution in [0.2, 0.25) is 0 Å². The summed E-state index contributed by atoms with van der Waals surface area (Å²) in [5.41, 5.74) is 2.19. The second-order valence-electron chi connectivity index (χ2n) is 4.34. The van der Waals surface area contributed by atoms with Gasteiger partial charge < -0.3 is 15.4 Å². The highest BCUT2D eigenvalue weighted by Gasteiger charge is 2.17. The molecule has 1 heterocycles. The Bertz CT molecular complexity index is 387. The zero-order chi connectivity index (χ0) is 12.1. The SMILES string of the molecule is Cc1ccccc1COC(=O)NC1CCNC1. The summed E-state index contributed by atoms with van der Waals surface area (Å²) in [6.07, 6.45) is 0.640. The summed E-state index contributed by atoms with van der Waals surface area (Å²) >= 11 is 0. The van der Waals surface area contributed by atoms with Crippen LogP contribution in [0.5, 0.6) is 0 Å². The van der Waals surface area contributed by atoms with Gasteiger partial charge in [0.25, 0.3) is 0 Å². The fraction of sp³-hybridized carbons (Fsp3) is 0.462. The van der Waals surface area contributed by atoms with Crippen molar-refractivity contribution < 1.29 is 9.53 Å². The molecule has 1 unspecified atom stereocenters. The van der Waals surface area contributed by atoms with Gasteiger partial charge in [-0.15, -0.1) is 0 Å². The maximum absolute atomic E-state index is 11.5. The van der Waals surface area contributed by atoms with Gasteiger partial charge in [-0.2, -0.15) is 0 Å². The first kappa shape index (κ1) is 11.9. The highest BCUT2D eigenvalue weighted by atomic mass is 16.5. The molecule has 0 bridgehead atoms. The molecule has 1 aromatic carbocycles. The summed E-state index contributed by atoms with van der Waals surface area (Å²) in [7, 11) is 0. The van der Waals surface area contributed by atoms with Crippen LogP contribution in [0.3, 0.4) is 0 Å². The van der Waals surface area contributed by atoms with E-state index in [0.29, 0.717) is 6.61 Å². The smallest absolute Gasteiger partial charge is 0.407 e. The molecule has 1 atom stereocenters. The second kappa shape index (κ2) is 5.68. The van der Waals surface area contributed by atoms with Crippen molar-refractivity contribution >= 4 is 6.09 Å².